The van der Waals surface area contributed by atoms with Gasteiger partial charge in [-0.15, -0.1) is 0 Å². The van der Waals surface area contributed by atoms with Gasteiger partial charge in [0, 0.05) is 16.4 Å². The minimum Gasteiger partial charge on any atom is -0.496 e. The van der Waals surface area contributed by atoms with Gasteiger partial charge in [-0.2, -0.15) is 0 Å². The molecule has 0 aliphatic rings. The minimum atomic E-state index is -0.336. The highest BCUT2D eigenvalue weighted by atomic mass is 35.5. The van der Waals surface area contributed by atoms with Gasteiger partial charge in [-0.25, -0.2) is 0 Å². The Labute approximate surface area is 116 Å². The van der Waals surface area contributed by atoms with Crippen molar-refractivity contribution in [3.63, 3.8) is 0 Å². The molecule has 0 saturated heterocycles. The van der Waals surface area contributed by atoms with Crippen molar-refractivity contribution in [2.75, 3.05) is 18.2 Å². The molecule has 0 radical (unpaired) electrons. The molecular formula is C14H13ClN2O2. The molecule has 2 rings (SSSR count). The van der Waals surface area contributed by atoms with Crippen LogP contribution in [0.25, 0.3) is 0 Å². The SMILES string of the molecule is COc1cccc(N)c1C(=O)Nc1cccc(Cl)c1. The molecule has 0 heterocycles. The molecule has 4 nitrogen and oxygen atoms in total. The number of nitrogens with two attached hydrogens (primary N) is 1. The zero-order valence-corrected chi connectivity index (χ0v) is 11.1. The van der Waals surface area contributed by atoms with Crippen LogP contribution in [0.3, 0.4) is 0 Å². The van der Waals surface area contributed by atoms with Gasteiger partial charge in [-0.3, -0.25) is 4.79 Å². The second kappa shape index (κ2) is 5.63. The Kier molecular flexibility index (Phi) is 3.92. The van der Waals surface area contributed by atoms with E-state index in [0.29, 0.717) is 27.7 Å². The quantitative estimate of drug-likeness (QED) is 0.846. The van der Waals surface area contributed by atoms with Crippen LogP contribution in [-0.2, 0) is 0 Å². The summed E-state index contributed by atoms with van der Waals surface area (Å²) in [7, 11) is 1.49. The Bertz CT molecular complexity index is 614. The number of carbonyl (C=O) groups excluding carboxylic acids is 1. The van der Waals surface area contributed by atoms with E-state index < -0.39 is 0 Å². The van der Waals surface area contributed by atoms with Crippen LogP contribution in [0, 0.1) is 0 Å². The molecule has 0 bridgehead atoms. The Morgan fingerprint density at radius 1 is 1.26 bits per heavy atom. The molecule has 3 N–H and O–H groups in total. The molecule has 0 aliphatic carbocycles. The van der Waals surface area contributed by atoms with Crippen molar-refractivity contribution in [1.29, 1.82) is 0 Å². The number of nitrogens with one attached hydrogen (secondary N) is 1. The predicted molar refractivity (Wildman–Crippen MR) is 76.8 cm³/mol. The number of anilines is 2. The average Bonchev–Trinajstić information content (AvgIpc) is 2.38. The van der Waals surface area contributed by atoms with E-state index in [1.165, 1.54) is 7.11 Å². The van der Waals surface area contributed by atoms with Gasteiger partial charge in [0.1, 0.15) is 11.3 Å². The van der Waals surface area contributed by atoms with Crippen LogP contribution in [0.2, 0.25) is 5.02 Å². The van der Waals surface area contributed by atoms with E-state index in [2.05, 4.69) is 5.32 Å². The number of hydrogen-bond donors (Lipinski definition) is 2. The molecule has 5 heteroatoms. The van der Waals surface area contributed by atoms with Crippen LogP contribution < -0.4 is 15.8 Å². The minimum absolute atomic E-state index is 0.310. The first-order valence-electron chi connectivity index (χ1n) is 5.61. The van der Waals surface area contributed by atoms with Crippen LogP contribution >= 0.6 is 11.6 Å². The fourth-order valence-corrected chi connectivity index (χ4v) is 1.91. The number of hydrogen-bond acceptors (Lipinski definition) is 3. The van der Waals surface area contributed by atoms with Crippen molar-refractivity contribution in [2.45, 2.75) is 0 Å². The number of amides is 1. The first-order valence-corrected chi connectivity index (χ1v) is 5.99. The molecule has 2 aromatic carbocycles. The van der Waals surface area contributed by atoms with Gasteiger partial charge in [0.15, 0.2) is 0 Å². The number of benzene rings is 2. The standard InChI is InChI=1S/C14H13ClN2O2/c1-19-12-7-3-6-11(16)13(12)14(18)17-10-5-2-4-9(15)8-10/h2-8H,16H2,1H3,(H,17,18). The monoisotopic (exact) mass is 276 g/mol. The smallest absolute Gasteiger partial charge is 0.261 e. The van der Waals surface area contributed by atoms with Crippen LogP contribution in [-0.4, -0.2) is 13.0 Å². The highest BCUT2D eigenvalue weighted by Crippen LogP contribution is 2.25. The molecule has 0 unspecified atom stereocenters. The number of ether oxygens (including phenoxy) is 1. The Morgan fingerprint density at radius 2 is 2.00 bits per heavy atom. The Balaban J connectivity index is 2.30. The summed E-state index contributed by atoms with van der Waals surface area (Å²) in [6, 6.07) is 11.9. The van der Waals surface area contributed by atoms with E-state index in [4.69, 9.17) is 22.1 Å². The highest BCUT2D eigenvalue weighted by Gasteiger charge is 2.15. The van der Waals surface area contributed by atoms with Crippen molar-refractivity contribution < 1.29 is 9.53 Å². The third-order valence-electron chi connectivity index (χ3n) is 2.59. The van der Waals surface area contributed by atoms with E-state index in [1.54, 1.807) is 42.5 Å². The van der Waals surface area contributed by atoms with Crippen molar-refractivity contribution in [2.24, 2.45) is 0 Å². The van der Waals surface area contributed by atoms with Gasteiger partial charge < -0.3 is 15.8 Å². The highest BCUT2D eigenvalue weighted by molar-refractivity contribution is 6.31. The largest absolute Gasteiger partial charge is 0.496 e. The van der Waals surface area contributed by atoms with E-state index >= 15 is 0 Å². The van der Waals surface area contributed by atoms with Gasteiger partial charge in [-0.05, 0) is 30.3 Å². The summed E-state index contributed by atoms with van der Waals surface area (Å²) in [6.45, 7) is 0. The molecule has 0 atom stereocenters. The molecule has 0 saturated carbocycles. The lowest BCUT2D eigenvalue weighted by molar-refractivity contribution is 0.102. The second-order valence-corrected chi connectivity index (χ2v) is 4.33. The zero-order valence-electron chi connectivity index (χ0n) is 10.3. The van der Waals surface area contributed by atoms with E-state index in [1.807, 2.05) is 0 Å². The van der Waals surface area contributed by atoms with E-state index in [-0.39, 0.29) is 5.91 Å². The molecule has 19 heavy (non-hydrogen) atoms. The van der Waals surface area contributed by atoms with Crippen molar-refractivity contribution >= 4 is 28.9 Å². The summed E-state index contributed by atoms with van der Waals surface area (Å²) in [5.41, 5.74) is 7.08. The van der Waals surface area contributed by atoms with Gasteiger partial charge >= 0.3 is 0 Å². The Hall–Kier alpha value is -2.20. The summed E-state index contributed by atoms with van der Waals surface area (Å²) in [4.78, 5) is 12.2. The summed E-state index contributed by atoms with van der Waals surface area (Å²) >= 11 is 5.86. The molecule has 98 valence electrons. The van der Waals surface area contributed by atoms with Crippen molar-refractivity contribution in [3.05, 3.63) is 53.1 Å². The number of carbonyl (C=O) groups is 1. The third-order valence-corrected chi connectivity index (χ3v) is 2.82. The number of halogens is 1. The first-order chi connectivity index (χ1) is 9.11. The Morgan fingerprint density at radius 3 is 2.68 bits per heavy atom. The fraction of sp³-hybridized carbons (Fsp3) is 0.0714. The van der Waals surface area contributed by atoms with Crippen molar-refractivity contribution in [1.82, 2.24) is 0 Å². The van der Waals surface area contributed by atoms with E-state index in [0.717, 1.165) is 0 Å². The molecular weight excluding hydrogens is 264 g/mol. The molecule has 0 aromatic heterocycles. The molecule has 0 fully saturated rings. The van der Waals surface area contributed by atoms with Crippen molar-refractivity contribution in [3.8, 4) is 5.75 Å². The maximum absolute atomic E-state index is 12.2. The number of methoxy groups -OCH3 is 1. The van der Waals surface area contributed by atoms with Gasteiger partial charge in [-0.1, -0.05) is 23.7 Å². The lowest BCUT2D eigenvalue weighted by atomic mass is 10.1. The zero-order chi connectivity index (χ0) is 13.8. The summed E-state index contributed by atoms with van der Waals surface area (Å²) in [6.07, 6.45) is 0. The van der Waals surface area contributed by atoms with Crippen LogP contribution in [0.5, 0.6) is 5.75 Å². The van der Waals surface area contributed by atoms with Gasteiger partial charge in [0.25, 0.3) is 5.91 Å². The van der Waals surface area contributed by atoms with Gasteiger partial charge in [0.2, 0.25) is 0 Å². The normalized spacial score (nSPS) is 10.0. The first kappa shape index (κ1) is 13.2. The van der Waals surface area contributed by atoms with Gasteiger partial charge in [0.05, 0.1) is 7.11 Å². The number of nitrogen functional groups attached to an aromatic ring is 1. The average molecular weight is 277 g/mol. The third kappa shape index (κ3) is 2.98. The molecule has 0 spiro atoms. The maximum Gasteiger partial charge on any atom is 0.261 e. The lowest BCUT2D eigenvalue weighted by Crippen LogP contribution is -2.15. The molecule has 2 aromatic rings. The molecule has 0 aliphatic heterocycles. The summed E-state index contributed by atoms with van der Waals surface area (Å²) < 4.78 is 5.14. The topological polar surface area (TPSA) is 64.3 Å². The summed E-state index contributed by atoms with van der Waals surface area (Å²) in [5.74, 6) is 0.0942. The van der Waals surface area contributed by atoms with E-state index in [9.17, 15) is 4.79 Å². The maximum atomic E-state index is 12.2. The molecule has 1 amide bonds. The number of rotatable bonds is 3. The van der Waals surface area contributed by atoms with Crippen LogP contribution in [0.15, 0.2) is 42.5 Å². The van der Waals surface area contributed by atoms with Crippen LogP contribution in [0.4, 0.5) is 11.4 Å². The summed E-state index contributed by atoms with van der Waals surface area (Å²) in [5, 5.41) is 3.28. The second-order valence-electron chi connectivity index (χ2n) is 3.89. The predicted octanol–water partition coefficient (Wildman–Crippen LogP) is 3.18. The fourth-order valence-electron chi connectivity index (χ4n) is 1.72. The van der Waals surface area contributed by atoms with Crippen LogP contribution in [0.1, 0.15) is 10.4 Å². The lowest BCUT2D eigenvalue weighted by Gasteiger charge is -2.11.